The van der Waals surface area contributed by atoms with Gasteiger partial charge in [-0.1, -0.05) is 15.9 Å². The van der Waals surface area contributed by atoms with Crippen LogP contribution in [0.25, 0.3) is 0 Å². The summed E-state index contributed by atoms with van der Waals surface area (Å²) in [5, 5.41) is 0. The van der Waals surface area contributed by atoms with E-state index in [0.29, 0.717) is 36.3 Å². The molecule has 0 bridgehead atoms. The summed E-state index contributed by atoms with van der Waals surface area (Å²) in [6.45, 7) is 3.50. The Bertz CT molecular complexity index is 770. The third-order valence-electron chi connectivity index (χ3n) is 4.20. The van der Waals surface area contributed by atoms with Gasteiger partial charge in [-0.05, 0) is 44.0 Å². The lowest BCUT2D eigenvalue weighted by Gasteiger charge is -2.33. The Hall–Kier alpha value is -2.35. The molecule has 8 heteroatoms. The van der Waals surface area contributed by atoms with Crippen LogP contribution in [0, 0.1) is 5.92 Å². The number of piperidine rings is 1. The summed E-state index contributed by atoms with van der Waals surface area (Å²) in [6, 6.07) is 7.40. The maximum Gasteiger partial charge on any atom is 0.310 e. The van der Waals surface area contributed by atoms with Crippen molar-refractivity contribution in [2.75, 3.05) is 30.3 Å². The quantitative estimate of drug-likeness (QED) is 0.740. The van der Waals surface area contributed by atoms with Crippen LogP contribution in [0.3, 0.4) is 0 Å². The summed E-state index contributed by atoms with van der Waals surface area (Å²) in [6.07, 6.45) is 3.10. The lowest BCUT2D eigenvalue weighted by Crippen LogP contribution is -2.40. The number of halogens is 1. The molecule has 0 radical (unpaired) electrons. The number of hydrogen-bond acceptors (Lipinski definition) is 7. The van der Waals surface area contributed by atoms with Crippen LogP contribution in [0.15, 0.2) is 35.1 Å². The van der Waals surface area contributed by atoms with Gasteiger partial charge in [0.2, 0.25) is 5.88 Å². The standard InChI is InChI=1S/C18H21BrN4O3/c1-2-25-18(24)12-4-3-9-23(10-12)16-15(20)17(22-11-21-16)26-14-7-5-13(19)6-8-14/h5-8,11-12H,2-4,9-10,20H2,1H3. The molecule has 138 valence electrons. The zero-order chi connectivity index (χ0) is 18.5. The molecule has 0 saturated carbocycles. The highest BCUT2D eigenvalue weighted by atomic mass is 79.9. The fraction of sp³-hybridized carbons (Fsp3) is 0.389. The highest BCUT2D eigenvalue weighted by Crippen LogP contribution is 2.33. The van der Waals surface area contributed by atoms with E-state index >= 15 is 0 Å². The van der Waals surface area contributed by atoms with E-state index in [2.05, 4.69) is 25.9 Å². The number of aromatic nitrogens is 2. The van der Waals surface area contributed by atoms with E-state index < -0.39 is 0 Å². The SMILES string of the molecule is CCOC(=O)C1CCCN(c2ncnc(Oc3ccc(Br)cc3)c2N)C1. The second kappa shape index (κ2) is 8.35. The van der Waals surface area contributed by atoms with Crippen LogP contribution < -0.4 is 15.4 Å². The van der Waals surface area contributed by atoms with E-state index in [9.17, 15) is 4.79 Å². The first-order valence-corrected chi connectivity index (χ1v) is 9.33. The van der Waals surface area contributed by atoms with Crippen LogP contribution in [-0.2, 0) is 9.53 Å². The fourth-order valence-corrected chi connectivity index (χ4v) is 3.20. The van der Waals surface area contributed by atoms with Crippen LogP contribution in [0.4, 0.5) is 11.5 Å². The van der Waals surface area contributed by atoms with Crippen LogP contribution in [0.1, 0.15) is 19.8 Å². The van der Waals surface area contributed by atoms with Gasteiger partial charge in [-0.25, -0.2) is 4.98 Å². The number of nitrogens with zero attached hydrogens (tertiary/aromatic N) is 3. The van der Waals surface area contributed by atoms with Crippen LogP contribution in [0.2, 0.25) is 0 Å². The number of carbonyl (C=O) groups excluding carboxylic acids is 1. The Labute approximate surface area is 160 Å². The summed E-state index contributed by atoms with van der Waals surface area (Å²) in [5.74, 6) is 1.18. The molecule has 1 atom stereocenters. The molecule has 0 amide bonds. The second-order valence-corrected chi connectivity index (χ2v) is 6.92. The van der Waals surface area contributed by atoms with Crippen LogP contribution >= 0.6 is 15.9 Å². The Balaban J connectivity index is 1.78. The zero-order valence-corrected chi connectivity index (χ0v) is 16.1. The van der Waals surface area contributed by atoms with Gasteiger partial charge in [-0.3, -0.25) is 4.79 Å². The first kappa shape index (κ1) is 18.4. The van der Waals surface area contributed by atoms with E-state index in [-0.39, 0.29) is 11.9 Å². The molecule has 1 aromatic heterocycles. The van der Waals surface area contributed by atoms with Crippen molar-refractivity contribution in [3.05, 3.63) is 35.1 Å². The van der Waals surface area contributed by atoms with Gasteiger partial charge in [0.1, 0.15) is 17.8 Å². The summed E-state index contributed by atoms with van der Waals surface area (Å²) in [4.78, 5) is 22.5. The third-order valence-corrected chi connectivity index (χ3v) is 4.72. The van der Waals surface area contributed by atoms with Gasteiger partial charge in [0.05, 0.1) is 12.5 Å². The number of rotatable bonds is 5. The van der Waals surface area contributed by atoms with Crippen LogP contribution in [0.5, 0.6) is 11.6 Å². The molecule has 2 N–H and O–H groups in total. The summed E-state index contributed by atoms with van der Waals surface area (Å²) < 4.78 is 11.9. The van der Waals surface area contributed by atoms with Crippen molar-refractivity contribution in [3.8, 4) is 11.6 Å². The molecule has 3 rings (SSSR count). The molecule has 1 unspecified atom stereocenters. The molecule has 7 nitrogen and oxygen atoms in total. The van der Waals surface area contributed by atoms with Crippen molar-refractivity contribution >= 4 is 33.4 Å². The molecular weight excluding hydrogens is 400 g/mol. The zero-order valence-electron chi connectivity index (χ0n) is 14.5. The van der Waals surface area contributed by atoms with Gasteiger partial charge in [0.25, 0.3) is 0 Å². The molecule has 1 aromatic carbocycles. The lowest BCUT2D eigenvalue weighted by molar-refractivity contribution is -0.148. The van der Waals surface area contributed by atoms with Gasteiger partial charge < -0.3 is 20.1 Å². The van der Waals surface area contributed by atoms with Crippen molar-refractivity contribution in [2.45, 2.75) is 19.8 Å². The highest BCUT2D eigenvalue weighted by molar-refractivity contribution is 9.10. The average molecular weight is 421 g/mol. The molecule has 0 spiro atoms. The maximum atomic E-state index is 12.1. The molecule has 1 saturated heterocycles. The van der Waals surface area contributed by atoms with E-state index in [4.69, 9.17) is 15.2 Å². The van der Waals surface area contributed by atoms with Crippen molar-refractivity contribution in [2.24, 2.45) is 5.92 Å². The van der Waals surface area contributed by atoms with E-state index in [1.54, 1.807) is 0 Å². The number of carbonyl (C=O) groups is 1. The predicted molar refractivity (Wildman–Crippen MR) is 102 cm³/mol. The van der Waals surface area contributed by atoms with Gasteiger partial charge >= 0.3 is 5.97 Å². The lowest BCUT2D eigenvalue weighted by atomic mass is 9.98. The normalized spacial score (nSPS) is 17.0. The smallest absolute Gasteiger partial charge is 0.310 e. The van der Waals surface area contributed by atoms with E-state index in [1.165, 1.54) is 6.33 Å². The number of nitrogens with two attached hydrogens (primary N) is 1. The minimum Gasteiger partial charge on any atom is -0.466 e. The molecule has 1 aliphatic heterocycles. The summed E-state index contributed by atoms with van der Waals surface area (Å²) in [7, 11) is 0. The van der Waals surface area contributed by atoms with Gasteiger partial charge in [-0.15, -0.1) is 0 Å². The predicted octanol–water partition coefficient (Wildman–Crippen LogP) is 3.39. The highest BCUT2D eigenvalue weighted by Gasteiger charge is 2.29. The molecule has 26 heavy (non-hydrogen) atoms. The number of anilines is 2. The van der Waals surface area contributed by atoms with Gasteiger partial charge in [0, 0.05) is 17.6 Å². The first-order valence-electron chi connectivity index (χ1n) is 8.54. The first-order chi connectivity index (χ1) is 12.6. The summed E-state index contributed by atoms with van der Waals surface area (Å²) in [5.41, 5.74) is 6.62. The molecule has 2 heterocycles. The maximum absolute atomic E-state index is 12.1. The van der Waals surface area contributed by atoms with Crippen LogP contribution in [-0.4, -0.2) is 35.6 Å². The molecular formula is C18H21BrN4O3. The minimum atomic E-state index is -0.172. The Kier molecular flexibility index (Phi) is 5.92. The van der Waals surface area contributed by atoms with E-state index in [0.717, 1.165) is 23.9 Å². The van der Waals surface area contributed by atoms with Crippen molar-refractivity contribution < 1.29 is 14.3 Å². The number of ether oxygens (including phenoxy) is 2. The molecule has 0 aliphatic carbocycles. The van der Waals surface area contributed by atoms with E-state index in [1.807, 2.05) is 36.1 Å². The van der Waals surface area contributed by atoms with Gasteiger partial charge in [0.15, 0.2) is 5.82 Å². The van der Waals surface area contributed by atoms with Crippen molar-refractivity contribution in [1.29, 1.82) is 0 Å². The van der Waals surface area contributed by atoms with Gasteiger partial charge in [-0.2, -0.15) is 4.98 Å². The number of benzene rings is 1. The minimum absolute atomic E-state index is 0.170. The molecule has 2 aromatic rings. The Morgan fingerprint density at radius 3 is 2.85 bits per heavy atom. The number of esters is 1. The monoisotopic (exact) mass is 420 g/mol. The average Bonchev–Trinajstić information content (AvgIpc) is 2.65. The Morgan fingerprint density at radius 1 is 1.35 bits per heavy atom. The summed E-state index contributed by atoms with van der Waals surface area (Å²) >= 11 is 3.39. The number of nitrogen functional groups attached to an aromatic ring is 1. The second-order valence-electron chi connectivity index (χ2n) is 6.01. The van der Waals surface area contributed by atoms with Crippen molar-refractivity contribution in [1.82, 2.24) is 9.97 Å². The van der Waals surface area contributed by atoms with Crippen molar-refractivity contribution in [3.63, 3.8) is 0 Å². The largest absolute Gasteiger partial charge is 0.466 e. The Morgan fingerprint density at radius 2 is 2.12 bits per heavy atom. The third kappa shape index (κ3) is 4.24. The topological polar surface area (TPSA) is 90.6 Å². The molecule has 1 fully saturated rings. The number of hydrogen-bond donors (Lipinski definition) is 1. The fourth-order valence-electron chi connectivity index (χ4n) is 2.94. The molecule has 1 aliphatic rings.